The van der Waals surface area contributed by atoms with Crippen molar-refractivity contribution in [2.24, 2.45) is 0 Å². The van der Waals surface area contributed by atoms with Gasteiger partial charge >= 0.3 is 0 Å². The molecule has 0 aliphatic carbocycles. The Morgan fingerprint density at radius 3 is 2.23 bits per heavy atom. The number of sulfonamides is 1. The molecular weight excluding hydrogens is 464 g/mol. The lowest BCUT2D eigenvalue weighted by molar-refractivity contribution is -0.120. The zero-order valence-electron chi connectivity index (χ0n) is 20.7. The number of amides is 1. The lowest BCUT2D eigenvalue weighted by atomic mass is 9.99. The van der Waals surface area contributed by atoms with Crippen LogP contribution in [-0.2, 0) is 14.8 Å². The fraction of sp³-hybridized carbons (Fsp3) is 0.296. The molecule has 0 aliphatic rings. The van der Waals surface area contributed by atoms with Gasteiger partial charge in [0.05, 0.1) is 30.8 Å². The van der Waals surface area contributed by atoms with Crippen molar-refractivity contribution in [2.75, 3.05) is 25.1 Å². The van der Waals surface area contributed by atoms with Gasteiger partial charge in [-0.3, -0.25) is 9.10 Å². The van der Waals surface area contributed by atoms with Crippen molar-refractivity contribution in [3.8, 4) is 11.5 Å². The molecule has 0 aromatic heterocycles. The number of carbonyl (C=O) groups is 1. The van der Waals surface area contributed by atoms with Crippen molar-refractivity contribution in [2.45, 2.75) is 38.1 Å². The van der Waals surface area contributed by atoms with Gasteiger partial charge in [-0.15, -0.1) is 0 Å². The third-order valence-corrected chi connectivity index (χ3v) is 7.74. The Morgan fingerprint density at radius 2 is 1.63 bits per heavy atom. The number of methoxy groups -OCH3 is 2. The van der Waals surface area contributed by atoms with Crippen LogP contribution in [0.15, 0.2) is 71.6 Å². The van der Waals surface area contributed by atoms with Crippen molar-refractivity contribution < 1.29 is 22.7 Å². The van der Waals surface area contributed by atoms with Crippen molar-refractivity contribution in [3.63, 3.8) is 0 Å². The molecule has 8 heteroatoms. The number of hydrogen-bond acceptors (Lipinski definition) is 5. The number of benzene rings is 3. The first kappa shape index (κ1) is 26.1. The molecule has 7 nitrogen and oxygen atoms in total. The SMILES string of the molecule is CCC(NC(=O)CN(c1ccccc1OC)S(=O)(=O)c1ccc(OC)cc1)c1ccc(C)c(C)c1. The van der Waals surface area contributed by atoms with E-state index in [1.54, 1.807) is 36.4 Å². The predicted molar refractivity (Wildman–Crippen MR) is 138 cm³/mol. The van der Waals surface area contributed by atoms with E-state index in [2.05, 4.69) is 11.4 Å². The molecule has 0 fully saturated rings. The molecule has 0 saturated carbocycles. The monoisotopic (exact) mass is 496 g/mol. The largest absolute Gasteiger partial charge is 0.497 e. The quantitative estimate of drug-likeness (QED) is 0.437. The van der Waals surface area contributed by atoms with Crippen LogP contribution in [0.1, 0.15) is 36.1 Å². The molecular formula is C27H32N2O5S. The van der Waals surface area contributed by atoms with E-state index in [0.717, 1.165) is 15.4 Å². The minimum absolute atomic E-state index is 0.0400. The smallest absolute Gasteiger partial charge is 0.264 e. The molecule has 1 atom stereocenters. The number of rotatable bonds is 10. The first-order valence-corrected chi connectivity index (χ1v) is 12.8. The molecule has 0 heterocycles. The summed E-state index contributed by atoms with van der Waals surface area (Å²) >= 11 is 0. The molecule has 0 aliphatic heterocycles. The van der Waals surface area contributed by atoms with Gasteiger partial charge in [0.1, 0.15) is 18.0 Å². The van der Waals surface area contributed by atoms with Crippen LogP contribution in [-0.4, -0.2) is 35.1 Å². The fourth-order valence-electron chi connectivity index (χ4n) is 3.78. The van der Waals surface area contributed by atoms with E-state index in [1.165, 1.54) is 31.9 Å². The maximum Gasteiger partial charge on any atom is 0.264 e. The first-order chi connectivity index (χ1) is 16.7. The Labute approximate surface area is 207 Å². The zero-order chi connectivity index (χ0) is 25.6. The van der Waals surface area contributed by atoms with E-state index in [1.807, 2.05) is 32.9 Å². The number of para-hydroxylation sites is 2. The summed E-state index contributed by atoms with van der Waals surface area (Å²) in [6.45, 7) is 5.63. The van der Waals surface area contributed by atoms with Gasteiger partial charge in [0.25, 0.3) is 10.0 Å². The second-order valence-electron chi connectivity index (χ2n) is 8.23. The third-order valence-electron chi connectivity index (χ3n) is 5.97. The lowest BCUT2D eigenvalue weighted by Crippen LogP contribution is -2.42. The highest BCUT2D eigenvalue weighted by Gasteiger charge is 2.30. The number of hydrogen-bond donors (Lipinski definition) is 1. The summed E-state index contributed by atoms with van der Waals surface area (Å²) in [5, 5.41) is 3.00. The summed E-state index contributed by atoms with van der Waals surface area (Å²) in [7, 11) is -1.12. The van der Waals surface area contributed by atoms with Gasteiger partial charge in [-0.05, 0) is 73.4 Å². The van der Waals surface area contributed by atoms with E-state index < -0.39 is 22.5 Å². The van der Waals surface area contributed by atoms with Crippen LogP contribution in [0.5, 0.6) is 11.5 Å². The van der Waals surface area contributed by atoms with Gasteiger partial charge in [-0.2, -0.15) is 0 Å². The van der Waals surface area contributed by atoms with E-state index in [4.69, 9.17) is 9.47 Å². The van der Waals surface area contributed by atoms with Gasteiger partial charge in [-0.1, -0.05) is 37.3 Å². The average Bonchev–Trinajstić information content (AvgIpc) is 2.87. The maximum absolute atomic E-state index is 13.7. The van der Waals surface area contributed by atoms with Crippen LogP contribution in [0, 0.1) is 13.8 Å². The Kier molecular flexibility index (Phi) is 8.40. The Bertz CT molecular complexity index is 1270. The number of carbonyl (C=O) groups excluding carboxylic acids is 1. The Balaban J connectivity index is 1.96. The summed E-state index contributed by atoms with van der Waals surface area (Å²) in [5.41, 5.74) is 3.56. The van der Waals surface area contributed by atoms with Gasteiger partial charge in [0.15, 0.2) is 0 Å². The van der Waals surface area contributed by atoms with Gasteiger partial charge in [0, 0.05) is 0 Å². The van der Waals surface area contributed by atoms with Crippen molar-refractivity contribution in [3.05, 3.63) is 83.4 Å². The number of aryl methyl sites for hydroxylation is 2. The molecule has 35 heavy (non-hydrogen) atoms. The average molecular weight is 497 g/mol. The van der Waals surface area contributed by atoms with Crippen LogP contribution < -0.4 is 19.1 Å². The molecule has 1 N–H and O–H groups in total. The molecule has 0 bridgehead atoms. The Morgan fingerprint density at radius 1 is 0.943 bits per heavy atom. The number of anilines is 1. The minimum Gasteiger partial charge on any atom is -0.497 e. The van der Waals surface area contributed by atoms with E-state index in [9.17, 15) is 13.2 Å². The summed E-state index contributed by atoms with van der Waals surface area (Å²) in [6.07, 6.45) is 0.661. The van der Waals surface area contributed by atoms with Crippen LogP contribution in [0.2, 0.25) is 0 Å². The summed E-state index contributed by atoms with van der Waals surface area (Å²) in [4.78, 5) is 13.3. The molecule has 0 radical (unpaired) electrons. The van der Waals surface area contributed by atoms with Crippen LogP contribution >= 0.6 is 0 Å². The van der Waals surface area contributed by atoms with Crippen molar-refractivity contribution in [1.29, 1.82) is 0 Å². The number of nitrogens with zero attached hydrogens (tertiary/aromatic N) is 1. The van der Waals surface area contributed by atoms with Gasteiger partial charge < -0.3 is 14.8 Å². The zero-order valence-corrected chi connectivity index (χ0v) is 21.6. The summed E-state index contributed by atoms with van der Waals surface area (Å²) in [5.74, 6) is 0.460. The maximum atomic E-state index is 13.7. The predicted octanol–water partition coefficient (Wildman–Crippen LogP) is 4.78. The molecule has 1 amide bonds. The normalized spacial score (nSPS) is 12.0. The fourth-order valence-corrected chi connectivity index (χ4v) is 5.21. The second-order valence-corrected chi connectivity index (χ2v) is 10.1. The molecule has 186 valence electrons. The lowest BCUT2D eigenvalue weighted by Gasteiger charge is -2.27. The third kappa shape index (κ3) is 5.95. The van der Waals surface area contributed by atoms with Gasteiger partial charge in [-0.25, -0.2) is 8.42 Å². The number of nitrogens with one attached hydrogen (secondary N) is 1. The van der Waals surface area contributed by atoms with Crippen LogP contribution in [0.3, 0.4) is 0 Å². The van der Waals surface area contributed by atoms with Crippen molar-refractivity contribution in [1.82, 2.24) is 5.32 Å². The van der Waals surface area contributed by atoms with E-state index in [-0.39, 0.29) is 16.6 Å². The van der Waals surface area contributed by atoms with Crippen LogP contribution in [0.25, 0.3) is 0 Å². The van der Waals surface area contributed by atoms with Gasteiger partial charge in [0.2, 0.25) is 5.91 Å². The Hall–Kier alpha value is -3.52. The second kappa shape index (κ2) is 11.3. The van der Waals surface area contributed by atoms with Crippen molar-refractivity contribution >= 4 is 21.6 Å². The number of ether oxygens (including phenoxy) is 2. The molecule has 3 aromatic rings. The molecule has 3 aromatic carbocycles. The highest BCUT2D eigenvalue weighted by Crippen LogP contribution is 2.32. The van der Waals surface area contributed by atoms with E-state index in [0.29, 0.717) is 17.9 Å². The van der Waals surface area contributed by atoms with E-state index >= 15 is 0 Å². The first-order valence-electron chi connectivity index (χ1n) is 11.4. The standard InChI is InChI=1S/C27H32N2O5S/c1-6-24(21-12-11-19(2)20(3)17-21)28-27(30)18-29(25-9-7-8-10-26(25)34-5)35(31,32)23-15-13-22(33-4)14-16-23/h7-17,24H,6,18H2,1-5H3,(H,28,30). The minimum atomic E-state index is -4.09. The molecule has 0 saturated heterocycles. The topological polar surface area (TPSA) is 84.9 Å². The highest BCUT2D eigenvalue weighted by molar-refractivity contribution is 7.92. The van der Waals surface area contributed by atoms with Crippen LogP contribution in [0.4, 0.5) is 5.69 Å². The highest BCUT2D eigenvalue weighted by atomic mass is 32.2. The summed E-state index contributed by atoms with van der Waals surface area (Å²) in [6, 6.07) is 18.6. The molecule has 1 unspecified atom stereocenters. The molecule has 0 spiro atoms. The summed E-state index contributed by atoms with van der Waals surface area (Å²) < 4.78 is 39.0. The molecule has 3 rings (SSSR count).